The minimum absolute atomic E-state index is 0.235. The zero-order chi connectivity index (χ0) is 19.2. The maximum absolute atomic E-state index is 12.6. The number of thioether (sulfide) groups is 1. The van der Waals surface area contributed by atoms with E-state index in [1.165, 1.54) is 4.90 Å². The van der Waals surface area contributed by atoms with E-state index in [2.05, 4.69) is 0 Å². The summed E-state index contributed by atoms with van der Waals surface area (Å²) >= 11 is 0.967. The van der Waals surface area contributed by atoms with E-state index in [-0.39, 0.29) is 11.1 Å². The lowest BCUT2D eigenvalue weighted by atomic mass is 10.1. The van der Waals surface area contributed by atoms with Crippen molar-refractivity contribution in [2.24, 2.45) is 0 Å². The number of nitrogens with zero attached hydrogens (tertiary/aromatic N) is 1. The Morgan fingerprint density at radius 3 is 2.56 bits per heavy atom. The number of imide groups is 1. The normalized spacial score (nSPS) is 15.5. The van der Waals surface area contributed by atoms with Gasteiger partial charge in [0.15, 0.2) is 11.5 Å². The molecule has 1 saturated heterocycles. The fraction of sp³-hybridized carbons (Fsp3) is 0.238. The third-order valence-corrected chi connectivity index (χ3v) is 5.03. The van der Waals surface area contributed by atoms with E-state index < -0.39 is 0 Å². The van der Waals surface area contributed by atoms with Crippen LogP contribution in [0.15, 0.2) is 53.4 Å². The van der Waals surface area contributed by atoms with Crippen LogP contribution in [0.3, 0.4) is 0 Å². The summed E-state index contributed by atoms with van der Waals surface area (Å²) in [6, 6.07) is 15.2. The van der Waals surface area contributed by atoms with Gasteiger partial charge in [0.25, 0.3) is 11.1 Å². The number of hydrogen-bond donors (Lipinski definition) is 0. The number of benzene rings is 2. The van der Waals surface area contributed by atoms with E-state index in [1.807, 2.05) is 43.3 Å². The Morgan fingerprint density at radius 1 is 1.07 bits per heavy atom. The molecule has 5 nitrogen and oxygen atoms in total. The fourth-order valence-corrected chi connectivity index (χ4v) is 3.65. The van der Waals surface area contributed by atoms with Crippen molar-refractivity contribution in [2.75, 3.05) is 20.3 Å². The van der Waals surface area contributed by atoms with Crippen LogP contribution in [0.5, 0.6) is 11.5 Å². The molecule has 1 aliphatic heterocycles. The molecule has 0 saturated carbocycles. The molecule has 6 heteroatoms. The van der Waals surface area contributed by atoms with Gasteiger partial charge in [0, 0.05) is 6.54 Å². The van der Waals surface area contributed by atoms with E-state index in [0.717, 1.165) is 22.9 Å². The number of rotatable bonds is 7. The first-order chi connectivity index (χ1) is 13.1. The van der Waals surface area contributed by atoms with Gasteiger partial charge in [-0.2, -0.15) is 0 Å². The molecule has 0 atom stereocenters. The first kappa shape index (κ1) is 19.0. The van der Waals surface area contributed by atoms with Gasteiger partial charge in [-0.3, -0.25) is 14.5 Å². The lowest BCUT2D eigenvalue weighted by molar-refractivity contribution is -0.122. The van der Waals surface area contributed by atoms with Crippen molar-refractivity contribution < 1.29 is 19.1 Å². The van der Waals surface area contributed by atoms with Gasteiger partial charge in [0.2, 0.25) is 0 Å². The van der Waals surface area contributed by atoms with E-state index in [0.29, 0.717) is 36.0 Å². The Kier molecular flexibility index (Phi) is 6.19. The Labute approximate surface area is 163 Å². The SMILES string of the molecule is CCOc1cc(/C=C2/SC(=O)N(CCc3ccccc3)C2=O)ccc1OC. The maximum atomic E-state index is 12.6. The monoisotopic (exact) mass is 383 g/mol. The van der Waals surface area contributed by atoms with Gasteiger partial charge in [-0.1, -0.05) is 36.4 Å². The van der Waals surface area contributed by atoms with Crippen molar-refractivity contribution in [2.45, 2.75) is 13.3 Å². The third kappa shape index (κ3) is 4.52. The molecule has 1 heterocycles. The second-order valence-corrected chi connectivity index (χ2v) is 6.91. The highest BCUT2D eigenvalue weighted by atomic mass is 32.2. The summed E-state index contributed by atoms with van der Waals surface area (Å²) in [6.07, 6.45) is 2.36. The van der Waals surface area contributed by atoms with Crippen LogP contribution < -0.4 is 9.47 Å². The number of carbonyl (C=O) groups excluding carboxylic acids is 2. The van der Waals surface area contributed by atoms with Crippen LogP contribution >= 0.6 is 11.8 Å². The molecule has 140 valence electrons. The number of ether oxygens (including phenoxy) is 2. The van der Waals surface area contributed by atoms with Crippen LogP contribution in [0.4, 0.5) is 4.79 Å². The summed E-state index contributed by atoms with van der Waals surface area (Å²) in [5, 5.41) is -0.235. The number of methoxy groups -OCH3 is 1. The highest BCUT2D eigenvalue weighted by Crippen LogP contribution is 2.34. The predicted octanol–water partition coefficient (Wildman–Crippen LogP) is 4.37. The molecular weight excluding hydrogens is 362 g/mol. The molecule has 0 N–H and O–H groups in total. The number of amides is 2. The minimum Gasteiger partial charge on any atom is -0.493 e. The summed E-state index contributed by atoms with van der Waals surface area (Å²) in [7, 11) is 1.58. The molecule has 1 fully saturated rings. The van der Waals surface area contributed by atoms with Crippen molar-refractivity contribution in [3.63, 3.8) is 0 Å². The average Bonchev–Trinajstić information content (AvgIpc) is 2.94. The van der Waals surface area contributed by atoms with E-state index >= 15 is 0 Å². The van der Waals surface area contributed by atoms with Gasteiger partial charge in [0.1, 0.15) is 0 Å². The van der Waals surface area contributed by atoms with E-state index in [1.54, 1.807) is 25.3 Å². The molecule has 0 bridgehead atoms. The van der Waals surface area contributed by atoms with Gasteiger partial charge < -0.3 is 9.47 Å². The van der Waals surface area contributed by atoms with Gasteiger partial charge in [-0.25, -0.2) is 0 Å². The highest BCUT2D eigenvalue weighted by Gasteiger charge is 2.34. The van der Waals surface area contributed by atoms with Gasteiger partial charge >= 0.3 is 0 Å². The lowest BCUT2D eigenvalue weighted by Crippen LogP contribution is -2.30. The standard InChI is InChI=1S/C21H21NO4S/c1-3-26-18-13-16(9-10-17(18)25-2)14-19-20(23)22(21(24)27-19)12-11-15-7-5-4-6-8-15/h4-10,13-14H,3,11-12H2,1-2H3/b19-14+. The first-order valence-electron chi connectivity index (χ1n) is 8.72. The molecule has 27 heavy (non-hydrogen) atoms. The predicted molar refractivity (Wildman–Crippen MR) is 107 cm³/mol. The Balaban J connectivity index is 1.75. The molecule has 0 spiro atoms. The summed E-state index contributed by atoms with van der Waals surface area (Å²) < 4.78 is 10.8. The highest BCUT2D eigenvalue weighted by molar-refractivity contribution is 8.18. The molecule has 0 aromatic heterocycles. The van der Waals surface area contributed by atoms with Crippen molar-refractivity contribution in [3.8, 4) is 11.5 Å². The first-order valence-corrected chi connectivity index (χ1v) is 9.54. The van der Waals surface area contributed by atoms with Crippen LogP contribution in [0.2, 0.25) is 0 Å². The van der Waals surface area contributed by atoms with Crippen LogP contribution in [-0.2, 0) is 11.2 Å². The number of hydrogen-bond acceptors (Lipinski definition) is 5. The molecular formula is C21H21NO4S. The second-order valence-electron chi connectivity index (χ2n) is 5.91. The maximum Gasteiger partial charge on any atom is 0.293 e. The minimum atomic E-state index is -0.255. The third-order valence-electron chi connectivity index (χ3n) is 4.13. The van der Waals surface area contributed by atoms with Gasteiger partial charge in [-0.05, 0) is 54.4 Å². The van der Waals surface area contributed by atoms with Gasteiger partial charge in [-0.15, -0.1) is 0 Å². The fourth-order valence-electron chi connectivity index (χ4n) is 2.78. The molecule has 3 rings (SSSR count). The molecule has 0 unspecified atom stereocenters. The Bertz CT molecular complexity index is 864. The van der Waals surface area contributed by atoms with E-state index in [4.69, 9.17) is 9.47 Å². The van der Waals surface area contributed by atoms with Crippen LogP contribution in [-0.4, -0.2) is 36.3 Å². The van der Waals surface area contributed by atoms with Crippen molar-refractivity contribution >= 4 is 29.0 Å². The van der Waals surface area contributed by atoms with Crippen molar-refractivity contribution in [1.82, 2.24) is 4.90 Å². The molecule has 1 aliphatic rings. The van der Waals surface area contributed by atoms with Crippen LogP contribution in [0.1, 0.15) is 18.1 Å². The zero-order valence-electron chi connectivity index (χ0n) is 15.3. The summed E-state index contributed by atoms with van der Waals surface area (Å²) in [5.41, 5.74) is 1.88. The quantitative estimate of drug-likeness (QED) is 0.665. The largest absolute Gasteiger partial charge is 0.493 e. The smallest absolute Gasteiger partial charge is 0.293 e. The summed E-state index contributed by atoms with van der Waals surface area (Å²) in [4.78, 5) is 26.6. The van der Waals surface area contributed by atoms with Crippen LogP contribution in [0.25, 0.3) is 6.08 Å². The summed E-state index contributed by atoms with van der Waals surface area (Å²) in [5.74, 6) is 0.983. The average molecular weight is 383 g/mol. The van der Waals surface area contributed by atoms with Gasteiger partial charge in [0.05, 0.1) is 18.6 Å². The zero-order valence-corrected chi connectivity index (χ0v) is 16.1. The second kappa shape index (κ2) is 8.77. The molecule has 0 aliphatic carbocycles. The van der Waals surface area contributed by atoms with Crippen molar-refractivity contribution in [3.05, 3.63) is 64.6 Å². The topological polar surface area (TPSA) is 55.8 Å². The number of carbonyl (C=O) groups is 2. The molecule has 2 amide bonds. The molecule has 2 aromatic rings. The van der Waals surface area contributed by atoms with E-state index in [9.17, 15) is 9.59 Å². The molecule has 0 radical (unpaired) electrons. The van der Waals surface area contributed by atoms with Crippen LogP contribution in [0, 0.1) is 0 Å². The Morgan fingerprint density at radius 2 is 1.85 bits per heavy atom. The molecule has 2 aromatic carbocycles. The lowest BCUT2D eigenvalue weighted by Gasteiger charge is -2.12. The summed E-state index contributed by atoms with van der Waals surface area (Å²) in [6.45, 7) is 2.78. The van der Waals surface area contributed by atoms with Crippen molar-refractivity contribution in [1.29, 1.82) is 0 Å². The Hall–Kier alpha value is -2.73.